The van der Waals surface area contributed by atoms with Crippen molar-refractivity contribution < 1.29 is 9.59 Å². The molecule has 0 radical (unpaired) electrons. The van der Waals surface area contributed by atoms with Gasteiger partial charge >= 0.3 is 0 Å². The van der Waals surface area contributed by atoms with Crippen molar-refractivity contribution in [1.29, 1.82) is 0 Å². The molecule has 1 saturated carbocycles. The van der Waals surface area contributed by atoms with E-state index in [2.05, 4.69) is 17.6 Å². The van der Waals surface area contributed by atoms with Gasteiger partial charge in [0.05, 0.1) is 11.1 Å². The highest BCUT2D eigenvalue weighted by atomic mass is 16.2. The molecule has 2 N–H and O–H groups in total. The first-order valence-corrected chi connectivity index (χ1v) is 6.92. The zero-order chi connectivity index (χ0) is 13.4. The van der Waals surface area contributed by atoms with Crippen molar-refractivity contribution in [2.24, 2.45) is 5.92 Å². The zero-order valence-electron chi connectivity index (χ0n) is 11.0. The highest BCUT2D eigenvalue weighted by molar-refractivity contribution is 6.23. The normalized spacial score (nSPS) is 25.9. The molecule has 2 aliphatic rings. The van der Waals surface area contributed by atoms with Crippen LogP contribution in [0.5, 0.6) is 0 Å². The van der Waals surface area contributed by atoms with E-state index in [1.54, 1.807) is 6.07 Å². The number of benzene rings is 1. The largest absolute Gasteiger partial charge is 0.381 e. The monoisotopic (exact) mass is 258 g/mol. The van der Waals surface area contributed by atoms with E-state index in [0.29, 0.717) is 23.1 Å². The Morgan fingerprint density at radius 2 is 1.95 bits per heavy atom. The van der Waals surface area contributed by atoms with Gasteiger partial charge in [0.25, 0.3) is 11.8 Å². The summed E-state index contributed by atoms with van der Waals surface area (Å²) in [4.78, 5) is 23.5. The Kier molecular flexibility index (Phi) is 3.01. The highest BCUT2D eigenvalue weighted by Crippen LogP contribution is 2.30. The number of amides is 2. The number of anilines is 1. The van der Waals surface area contributed by atoms with Crippen LogP contribution in [0, 0.1) is 5.92 Å². The van der Waals surface area contributed by atoms with Gasteiger partial charge in [-0.2, -0.15) is 0 Å². The van der Waals surface area contributed by atoms with E-state index in [1.165, 1.54) is 19.3 Å². The molecule has 2 amide bonds. The third-order valence-corrected chi connectivity index (χ3v) is 4.22. The van der Waals surface area contributed by atoms with Crippen LogP contribution in [0.25, 0.3) is 0 Å². The minimum atomic E-state index is -0.291. The van der Waals surface area contributed by atoms with Crippen LogP contribution >= 0.6 is 0 Å². The lowest BCUT2D eigenvalue weighted by Gasteiger charge is -2.30. The Hall–Kier alpha value is -1.84. The summed E-state index contributed by atoms with van der Waals surface area (Å²) >= 11 is 0. The van der Waals surface area contributed by atoms with Crippen LogP contribution in [0.15, 0.2) is 18.2 Å². The lowest BCUT2D eigenvalue weighted by molar-refractivity contribution is 0.0880. The fourth-order valence-electron chi connectivity index (χ4n) is 3.07. The summed E-state index contributed by atoms with van der Waals surface area (Å²) in [7, 11) is 0. The van der Waals surface area contributed by atoms with E-state index in [0.717, 1.165) is 12.1 Å². The second-order valence-electron chi connectivity index (χ2n) is 5.52. The number of carbonyl (C=O) groups excluding carboxylic acids is 2. The molecule has 1 aliphatic heterocycles. The molecule has 2 atom stereocenters. The van der Waals surface area contributed by atoms with Gasteiger partial charge in [-0.15, -0.1) is 0 Å². The molecule has 4 heteroatoms. The summed E-state index contributed by atoms with van der Waals surface area (Å²) in [6.07, 6.45) is 4.85. The van der Waals surface area contributed by atoms with E-state index in [4.69, 9.17) is 0 Å². The van der Waals surface area contributed by atoms with E-state index in [-0.39, 0.29) is 11.8 Å². The molecule has 19 heavy (non-hydrogen) atoms. The van der Waals surface area contributed by atoms with E-state index >= 15 is 0 Å². The van der Waals surface area contributed by atoms with Gasteiger partial charge in [-0.05, 0) is 30.9 Å². The molecule has 1 heterocycles. The smallest absolute Gasteiger partial charge is 0.261 e. The van der Waals surface area contributed by atoms with Gasteiger partial charge in [-0.1, -0.05) is 25.8 Å². The van der Waals surface area contributed by atoms with Crippen molar-refractivity contribution in [1.82, 2.24) is 5.32 Å². The van der Waals surface area contributed by atoms with E-state index in [9.17, 15) is 9.59 Å². The predicted octanol–water partition coefficient (Wildman–Crippen LogP) is 2.56. The fraction of sp³-hybridized carbons (Fsp3) is 0.467. The second kappa shape index (κ2) is 4.68. The summed E-state index contributed by atoms with van der Waals surface area (Å²) in [5, 5.41) is 5.82. The van der Waals surface area contributed by atoms with Gasteiger partial charge < -0.3 is 5.32 Å². The van der Waals surface area contributed by atoms with Crippen molar-refractivity contribution in [3.8, 4) is 0 Å². The van der Waals surface area contributed by atoms with Crippen molar-refractivity contribution in [3.05, 3.63) is 29.3 Å². The van der Waals surface area contributed by atoms with Crippen LogP contribution in [0.1, 0.15) is 53.3 Å². The Bertz CT molecular complexity index is 539. The Labute approximate surface area is 112 Å². The SMILES string of the molecule is CC1CCCCC1Nc1cccc2c1C(=O)NC2=O. The topological polar surface area (TPSA) is 58.2 Å². The number of nitrogens with one attached hydrogen (secondary N) is 2. The van der Waals surface area contributed by atoms with Gasteiger partial charge in [0.2, 0.25) is 0 Å². The maximum Gasteiger partial charge on any atom is 0.261 e. The van der Waals surface area contributed by atoms with Crippen molar-refractivity contribution >= 4 is 17.5 Å². The van der Waals surface area contributed by atoms with Crippen molar-refractivity contribution in [2.45, 2.75) is 38.6 Å². The van der Waals surface area contributed by atoms with Gasteiger partial charge in [0.1, 0.15) is 0 Å². The molecular formula is C15H18N2O2. The average molecular weight is 258 g/mol. The van der Waals surface area contributed by atoms with Crippen LogP contribution < -0.4 is 10.6 Å². The molecule has 2 unspecified atom stereocenters. The number of hydrogen-bond donors (Lipinski definition) is 2. The highest BCUT2D eigenvalue weighted by Gasteiger charge is 2.30. The number of rotatable bonds is 2. The first-order valence-electron chi connectivity index (χ1n) is 6.92. The third-order valence-electron chi connectivity index (χ3n) is 4.22. The first kappa shape index (κ1) is 12.2. The number of fused-ring (bicyclic) bond motifs is 1. The average Bonchev–Trinajstić information content (AvgIpc) is 2.69. The van der Waals surface area contributed by atoms with Crippen LogP contribution in [0.4, 0.5) is 5.69 Å². The summed E-state index contributed by atoms with van der Waals surface area (Å²) in [6, 6.07) is 5.81. The van der Waals surface area contributed by atoms with Crippen LogP contribution in [-0.4, -0.2) is 17.9 Å². The van der Waals surface area contributed by atoms with Gasteiger partial charge in [0, 0.05) is 11.7 Å². The molecule has 4 nitrogen and oxygen atoms in total. The molecule has 0 spiro atoms. The Morgan fingerprint density at radius 3 is 2.74 bits per heavy atom. The Balaban J connectivity index is 1.90. The third kappa shape index (κ3) is 2.11. The molecule has 1 aromatic carbocycles. The first-order chi connectivity index (χ1) is 9.16. The fourth-order valence-corrected chi connectivity index (χ4v) is 3.07. The predicted molar refractivity (Wildman–Crippen MR) is 73.3 cm³/mol. The molecule has 1 fully saturated rings. The van der Waals surface area contributed by atoms with Gasteiger partial charge in [-0.3, -0.25) is 14.9 Å². The number of hydrogen-bond acceptors (Lipinski definition) is 3. The molecule has 3 rings (SSSR count). The maximum absolute atomic E-state index is 11.8. The molecule has 100 valence electrons. The lowest BCUT2D eigenvalue weighted by atomic mass is 9.85. The van der Waals surface area contributed by atoms with Gasteiger partial charge in [0.15, 0.2) is 0 Å². The van der Waals surface area contributed by atoms with Crippen LogP contribution in [0.3, 0.4) is 0 Å². The van der Waals surface area contributed by atoms with E-state index in [1.807, 2.05) is 12.1 Å². The second-order valence-corrected chi connectivity index (χ2v) is 5.52. The maximum atomic E-state index is 11.8. The standard InChI is InChI=1S/C15H18N2O2/c1-9-5-2-3-7-11(9)16-12-8-4-6-10-13(12)15(19)17-14(10)18/h4,6,8-9,11,16H,2-3,5,7H2,1H3,(H,17,18,19). The van der Waals surface area contributed by atoms with E-state index < -0.39 is 0 Å². The molecule has 0 saturated heterocycles. The van der Waals surface area contributed by atoms with Crippen molar-refractivity contribution in [2.75, 3.05) is 5.32 Å². The minimum Gasteiger partial charge on any atom is -0.381 e. The quantitative estimate of drug-likeness (QED) is 0.801. The van der Waals surface area contributed by atoms with Crippen LogP contribution in [0.2, 0.25) is 0 Å². The lowest BCUT2D eigenvalue weighted by Crippen LogP contribution is -2.31. The minimum absolute atomic E-state index is 0.286. The number of carbonyl (C=O) groups is 2. The number of imide groups is 1. The molecule has 0 aromatic heterocycles. The van der Waals surface area contributed by atoms with Gasteiger partial charge in [-0.25, -0.2) is 0 Å². The molecule has 1 aromatic rings. The summed E-state index contributed by atoms with van der Waals surface area (Å²) < 4.78 is 0. The molecule has 1 aliphatic carbocycles. The Morgan fingerprint density at radius 1 is 1.16 bits per heavy atom. The van der Waals surface area contributed by atoms with Crippen molar-refractivity contribution in [3.63, 3.8) is 0 Å². The summed E-state index contributed by atoms with van der Waals surface area (Å²) in [5.41, 5.74) is 1.78. The molecular weight excluding hydrogens is 240 g/mol. The zero-order valence-corrected chi connectivity index (χ0v) is 11.0. The molecule has 0 bridgehead atoms. The summed E-state index contributed by atoms with van der Waals surface area (Å²) in [5.74, 6) is 0.0247. The van der Waals surface area contributed by atoms with Crippen LogP contribution in [-0.2, 0) is 0 Å². The summed E-state index contributed by atoms with van der Waals surface area (Å²) in [6.45, 7) is 2.24.